The van der Waals surface area contributed by atoms with Crippen molar-refractivity contribution in [2.45, 2.75) is 58.2 Å². The Hall–Kier alpha value is -3.85. The van der Waals surface area contributed by atoms with Gasteiger partial charge in [0.15, 0.2) is 11.6 Å². The number of aryl methyl sites for hydroxylation is 1. The number of nitrogens with zero attached hydrogens (tertiary/aromatic N) is 7. The summed E-state index contributed by atoms with van der Waals surface area (Å²) in [6.07, 6.45) is 12.9. The minimum atomic E-state index is -0.254. The molecule has 0 radical (unpaired) electrons. The summed E-state index contributed by atoms with van der Waals surface area (Å²) < 4.78 is 16.8. The van der Waals surface area contributed by atoms with Gasteiger partial charge in [-0.05, 0) is 81.4 Å². The second kappa shape index (κ2) is 9.91. The molecule has 1 aromatic carbocycles. The van der Waals surface area contributed by atoms with Crippen molar-refractivity contribution in [2.75, 3.05) is 42.5 Å². The van der Waals surface area contributed by atoms with Gasteiger partial charge in [0.2, 0.25) is 0 Å². The van der Waals surface area contributed by atoms with Gasteiger partial charge in [-0.3, -0.25) is 14.9 Å². The molecule has 0 bridgehead atoms. The van der Waals surface area contributed by atoms with Crippen LogP contribution in [0.15, 0.2) is 41.8 Å². The molecule has 1 unspecified atom stereocenters. The van der Waals surface area contributed by atoms with E-state index >= 15 is 4.39 Å². The number of H-pyrrole nitrogens is 1. The van der Waals surface area contributed by atoms with Crippen LogP contribution in [-0.2, 0) is 6.54 Å². The van der Waals surface area contributed by atoms with Crippen molar-refractivity contribution in [3.63, 3.8) is 0 Å². The van der Waals surface area contributed by atoms with Crippen LogP contribution in [0.5, 0.6) is 0 Å². The van der Waals surface area contributed by atoms with Crippen LogP contribution in [0, 0.1) is 12.7 Å². The quantitative estimate of drug-likeness (QED) is 0.334. The number of imidazole rings is 1. The SMILES string of the molecule is Cc1cc2c(c(F)c1-c1cncc(CN3CCCCC3)c1)C(c1nc3c(N4CCCCC4)nccc3[nH]1)=NC1CN21. The number of aliphatic imine (C=N–C) groups is 1. The first-order valence-corrected chi connectivity index (χ1v) is 15.1. The van der Waals surface area contributed by atoms with Gasteiger partial charge in [0.05, 0.1) is 23.3 Å². The number of fused-ring (bicyclic) bond motifs is 4. The van der Waals surface area contributed by atoms with E-state index in [1.165, 1.54) is 25.7 Å². The van der Waals surface area contributed by atoms with E-state index in [9.17, 15) is 0 Å². The summed E-state index contributed by atoms with van der Waals surface area (Å²) in [5.74, 6) is 1.25. The number of hydrogen-bond donors (Lipinski definition) is 1. The Morgan fingerprint density at radius 1 is 0.976 bits per heavy atom. The van der Waals surface area contributed by atoms with Crippen LogP contribution < -0.4 is 9.80 Å². The normalized spacial score (nSPS) is 20.6. The Bertz CT molecular complexity index is 1660. The van der Waals surface area contributed by atoms with Crippen LogP contribution in [0.2, 0.25) is 0 Å². The molecule has 4 aliphatic rings. The molecule has 1 N–H and O–H groups in total. The first-order valence-electron chi connectivity index (χ1n) is 15.1. The van der Waals surface area contributed by atoms with Crippen LogP contribution in [0.1, 0.15) is 61.0 Å². The van der Waals surface area contributed by atoms with Crippen molar-refractivity contribution in [1.29, 1.82) is 0 Å². The number of hydrogen-bond acceptors (Lipinski definition) is 7. The van der Waals surface area contributed by atoms with E-state index in [0.29, 0.717) is 22.7 Å². The number of aromatic amines is 1. The van der Waals surface area contributed by atoms with Crippen molar-refractivity contribution in [2.24, 2.45) is 4.99 Å². The molecule has 3 aromatic heterocycles. The molecule has 41 heavy (non-hydrogen) atoms. The van der Waals surface area contributed by atoms with Gasteiger partial charge in [0.1, 0.15) is 23.2 Å². The Kier molecular flexibility index (Phi) is 6.02. The average molecular weight is 551 g/mol. The highest BCUT2D eigenvalue weighted by atomic mass is 19.1. The lowest BCUT2D eigenvalue weighted by Crippen LogP contribution is -2.30. The van der Waals surface area contributed by atoms with E-state index in [1.54, 1.807) is 6.20 Å². The fraction of sp³-hybridized carbons (Fsp3) is 0.438. The molecule has 0 saturated carbocycles. The standard InChI is InChI=1S/C32H35FN8/c1-20-14-24-27(28(33)26(20)22-15-21(16-34-17-22)18-39-10-4-2-5-11-39)30(37-25-19-41(24)25)31-36-23-8-9-35-32(29(23)38-31)40-12-6-3-7-13-40/h8-9,14-17,25H,2-7,10-13,18-19H2,1H3,(H,36,38). The maximum atomic E-state index is 16.8. The summed E-state index contributed by atoms with van der Waals surface area (Å²) >= 11 is 0. The highest BCUT2D eigenvalue weighted by Gasteiger charge is 2.43. The van der Waals surface area contributed by atoms with Crippen LogP contribution in [0.4, 0.5) is 15.9 Å². The molecule has 7 heterocycles. The number of pyridine rings is 2. The number of aromatic nitrogens is 4. The molecule has 8 rings (SSSR count). The second-order valence-corrected chi connectivity index (χ2v) is 12.0. The molecule has 8 nitrogen and oxygen atoms in total. The molecular formula is C32H35FN8. The van der Waals surface area contributed by atoms with Crippen molar-refractivity contribution in [1.82, 2.24) is 24.8 Å². The Balaban J connectivity index is 1.20. The zero-order valence-electron chi connectivity index (χ0n) is 23.5. The summed E-state index contributed by atoms with van der Waals surface area (Å²) in [6, 6.07) is 6.17. The molecule has 1 atom stereocenters. The van der Waals surface area contributed by atoms with E-state index in [4.69, 9.17) is 15.0 Å². The molecule has 210 valence electrons. The highest BCUT2D eigenvalue weighted by molar-refractivity contribution is 6.18. The molecule has 3 saturated heterocycles. The lowest BCUT2D eigenvalue weighted by atomic mass is 9.93. The van der Waals surface area contributed by atoms with Gasteiger partial charge in [-0.1, -0.05) is 6.42 Å². The van der Waals surface area contributed by atoms with Crippen molar-refractivity contribution in [3.8, 4) is 11.1 Å². The predicted octanol–water partition coefficient (Wildman–Crippen LogP) is 5.44. The van der Waals surface area contributed by atoms with Gasteiger partial charge in [0, 0.05) is 49.4 Å². The molecule has 9 heteroatoms. The Morgan fingerprint density at radius 2 is 1.78 bits per heavy atom. The molecule has 4 aliphatic heterocycles. The second-order valence-electron chi connectivity index (χ2n) is 12.0. The van der Waals surface area contributed by atoms with Crippen LogP contribution >= 0.6 is 0 Å². The number of halogens is 1. The van der Waals surface area contributed by atoms with Crippen LogP contribution in [0.3, 0.4) is 0 Å². The van der Waals surface area contributed by atoms with E-state index < -0.39 is 0 Å². The topological polar surface area (TPSA) is 76.3 Å². The summed E-state index contributed by atoms with van der Waals surface area (Å²) in [4.78, 5) is 29.7. The Labute approximate surface area is 239 Å². The molecular weight excluding hydrogens is 515 g/mol. The van der Waals surface area contributed by atoms with Crippen LogP contribution in [0.25, 0.3) is 22.2 Å². The summed E-state index contributed by atoms with van der Waals surface area (Å²) in [7, 11) is 0. The van der Waals surface area contributed by atoms with Crippen LogP contribution in [-0.4, -0.2) is 69.4 Å². The number of nitrogens with one attached hydrogen (secondary N) is 1. The van der Waals surface area contributed by atoms with Gasteiger partial charge >= 0.3 is 0 Å². The van der Waals surface area contributed by atoms with Gasteiger partial charge in [-0.15, -0.1) is 0 Å². The van der Waals surface area contributed by atoms with Crippen molar-refractivity contribution >= 4 is 28.3 Å². The summed E-state index contributed by atoms with van der Waals surface area (Å²) in [5.41, 5.74) is 7.17. The number of benzene rings is 1. The average Bonchev–Trinajstić information content (AvgIpc) is 3.66. The van der Waals surface area contributed by atoms with Gasteiger partial charge in [0.25, 0.3) is 0 Å². The largest absolute Gasteiger partial charge is 0.355 e. The van der Waals surface area contributed by atoms with E-state index in [1.807, 2.05) is 25.4 Å². The maximum Gasteiger partial charge on any atom is 0.157 e. The fourth-order valence-electron chi connectivity index (χ4n) is 6.91. The molecule has 4 aromatic rings. The number of rotatable bonds is 5. The molecule has 0 spiro atoms. The minimum Gasteiger partial charge on any atom is -0.355 e. The monoisotopic (exact) mass is 550 g/mol. The first-order chi connectivity index (χ1) is 20.1. The Morgan fingerprint density at radius 3 is 2.61 bits per heavy atom. The maximum absolute atomic E-state index is 16.8. The zero-order chi connectivity index (χ0) is 27.5. The third-order valence-electron chi connectivity index (χ3n) is 9.05. The molecule has 0 amide bonds. The van der Waals surface area contributed by atoms with E-state index in [2.05, 4.69) is 36.8 Å². The third kappa shape index (κ3) is 4.38. The molecule has 0 aliphatic carbocycles. The van der Waals surface area contributed by atoms with Gasteiger partial charge in [-0.2, -0.15) is 0 Å². The third-order valence-corrected chi connectivity index (χ3v) is 9.05. The highest BCUT2D eigenvalue weighted by Crippen LogP contribution is 2.43. The fourth-order valence-corrected chi connectivity index (χ4v) is 6.91. The smallest absolute Gasteiger partial charge is 0.157 e. The van der Waals surface area contributed by atoms with Gasteiger partial charge < -0.3 is 14.8 Å². The van der Waals surface area contributed by atoms with E-state index in [-0.39, 0.29) is 12.0 Å². The summed E-state index contributed by atoms with van der Waals surface area (Å²) in [6.45, 7) is 7.83. The minimum absolute atomic E-state index is 0.0320. The first kappa shape index (κ1) is 24.9. The predicted molar refractivity (Wildman–Crippen MR) is 160 cm³/mol. The lowest BCUT2D eigenvalue weighted by Gasteiger charge is -2.27. The molecule has 3 fully saturated rings. The zero-order valence-corrected chi connectivity index (χ0v) is 23.5. The summed E-state index contributed by atoms with van der Waals surface area (Å²) in [5, 5.41) is 0. The van der Waals surface area contributed by atoms with Gasteiger partial charge in [-0.25, -0.2) is 14.4 Å². The number of likely N-dealkylation sites (tertiary alicyclic amines) is 1. The number of piperidine rings is 2. The lowest BCUT2D eigenvalue weighted by molar-refractivity contribution is 0.220. The van der Waals surface area contributed by atoms with Crippen molar-refractivity contribution in [3.05, 3.63) is 65.1 Å². The van der Waals surface area contributed by atoms with Crippen molar-refractivity contribution < 1.29 is 4.39 Å². The van der Waals surface area contributed by atoms with E-state index in [0.717, 1.165) is 91.3 Å². The number of anilines is 2.